The van der Waals surface area contributed by atoms with Gasteiger partial charge in [-0.15, -0.1) is 0 Å². The predicted molar refractivity (Wildman–Crippen MR) is 33.8 cm³/mol. The molecule has 0 saturated heterocycles. The highest BCUT2D eigenvalue weighted by molar-refractivity contribution is 6.34. The molecule has 0 aliphatic heterocycles. The van der Waals surface area contributed by atoms with Crippen LogP contribution in [0.1, 0.15) is 0 Å². The van der Waals surface area contributed by atoms with E-state index in [0.717, 1.165) is 4.90 Å². The minimum Gasteiger partial charge on any atom is -0.341 e. The first-order valence-corrected chi connectivity index (χ1v) is 2.64. The number of nitrogens with one attached hydrogen (secondary N) is 1. The van der Waals surface area contributed by atoms with Crippen LogP contribution >= 0.6 is 0 Å². The summed E-state index contributed by atoms with van der Waals surface area (Å²) in [6.45, 7) is 0. The summed E-state index contributed by atoms with van der Waals surface area (Å²) in [7, 11) is 4.23. The second-order valence-electron chi connectivity index (χ2n) is 1.83. The van der Waals surface area contributed by atoms with Crippen molar-refractivity contribution in [3.63, 3.8) is 0 Å². The maximum atomic E-state index is 10.7. The molecule has 0 bridgehead atoms. The van der Waals surface area contributed by atoms with Crippen molar-refractivity contribution in [1.29, 1.82) is 0 Å². The lowest BCUT2D eigenvalue weighted by Gasteiger charge is -2.07. The zero-order valence-corrected chi connectivity index (χ0v) is 6.17. The lowest BCUT2D eigenvalue weighted by Crippen LogP contribution is -2.38. The van der Waals surface area contributed by atoms with Crippen LogP contribution in [0.25, 0.3) is 0 Å². The molecule has 5 nitrogen and oxygen atoms in total. The molecule has 0 aliphatic carbocycles. The van der Waals surface area contributed by atoms with Crippen LogP contribution in [0.2, 0.25) is 0 Å². The van der Waals surface area contributed by atoms with Gasteiger partial charge in [-0.3, -0.25) is 14.4 Å². The van der Waals surface area contributed by atoms with Crippen molar-refractivity contribution < 1.29 is 14.4 Å². The summed E-state index contributed by atoms with van der Waals surface area (Å²) in [4.78, 5) is 26.6. The second kappa shape index (κ2) is 3.84. The van der Waals surface area contributed by atoms with Gasteiger partial charge in [0.15, 0.2) is 0 Å². The van der Waals surface area contributed by atoms with E-state index in [2.05, 4.69) is 4.84 Å². The Morgan fingerprint density at radius 2 is 1.90 bits per heavy atom. The number of amides is 2. The van der Waals surface area contributed by atoms with Crippen molar-refractivity contribution in [3.05, 3.63) is 0 Å². The van der Waals surface area contributed by atoms with Crippen LogP contribution in [-0.4, -0.2) is 37.9 Å². The van der Waals surface area contributed by atoms with Crippen LogP contribution in [0.4, 0.5) is 0 Å². The van der Waals surface area contributed by atoms with Crippen LogP contribution in [-0.2, 0) is 14.4 Å². The topological polar surface area (TPSA) is 58.6 Å². The summed E-state index contributed by atoms with van der Waals surface area (Å²) in [5.41, 5.74) is 1.90. The summed E-state index contributed by atoms with van der Waals surface area (Å²) in [5, 5.41) is 0. The molecule has 0 aromatic carbocycles. The Morgan fingerprint density at radius 1 is 1.40 bits per heavy atom. The SMILES string of the molecule is CONC(=O)C(=O)N(C)C. The minimum absolute atomic E-state index is 0.637. The smallest absolute Gasteiger partial charge is 0.332 e. The predicted octanol–water partition coefficient (Wildman–Crippen LogP) is -1.25. The number of likely N-dealkylation sites (N-methyl/N-ethyl adjacent to an activating group) is 1. The third-order valence-electron chi connectivity index (χ3n) is 0.795. The molecule has 0 atom stereocenters. The average Bonchev–Trinajstić information content (AvgIpc) is 1.87. The number of nitrogens with zero attached hydrogens (tertiary/aromatic N) is 1. The third kappa shape index (κ3) is 2.45. The van der Waals surface area contributed by atoms with Gasteiger partial charge in [0, 0.05) is 14.1 Å². The number of carbonyl (C=O) groups excluding carboxylic acids is 2. The van der Waals surface area contributed by atoms with Crippen LogP contribution < -0.4 is 5.48 Å². The zero-order chi connectivity index (χ0) is 8.15. The molecule has 0 spiro atoms. The zero-order valence-electron chi connectivity index (χ0n) is 6.17. The number of hydrogen-bond donors (Lipinski definition) is 1. The molecule has 0 fully saturated rings. The number of carbonyl (C=O) groups is 2. The van der Waals surface area contributed by atoms with Gasteiger partial charge in [-0.05, 0) is 0 Å². The van der Waals surface area contributed by atoms with Gasteiger partial charge in [-0.25, -0.2) is 5.48 Å². The number of rotatable bonds is 1. The van der Waals surface area contributed by atoms with Gasteiger partial charge in [0.1, 0.15) is 0 Å². The van der Waals surface area contributed by atoms with Crippen molar-refractivity contribution in [2.75, 3.05) is 21.2 Å². The second-order valence-corrected chi connectivity index (χ2v) is 1.83. The van der Waals surface area contributed by atoms with Gasteiger partial charge in [0.25, 0.3) is 0 Å². The molecule has 58 valence electrons. The van der Waals surface area contributed by atoms with E-state index in [0.29, 0.717) is 0 Å². The molecule has 0 unspecified atom stereocenters. The molecule has 0 rings (SSSR count). The van der Waals surface area contributed by atoms with E-state index in [1.54, 1.807) is 0 Å². The van der Waals surface area contributed by atoms with Crippen LogP contribution in [0, 0.1) is 0 Å². The molecule has 0 aromatic heterocycles. The Labute approximate surface area is 58.9 Å². The first-order chi connectivity index (χ1) is 4.59. The van der Waals surface area contributed by atoms with Crippen molar-refractivity contribution >= 4 is 11.8 Å². The van der Waals surface area contributed by atoms with Gasteiger partial charge in [-0.2, -0.15) is 0 Å². The molecule has 0 saturated carbocycles. The van der Waals surface area contributed by atoms with Gasteiger partial charge < -0.3 is 4.90 Å². The number of hydrogen-bond acceptors (Lipinski definition) is 3. The fourth-order valence-electron chi connectivity index (χ4n) is 0.339. The molecule has 2 amide bonds. The monoisotopic (exact) mass is 146 g/mol. The van der Waals surface area contributed by atoms with Crippen LogP contribution in [0.5, 0.6) is 0 Å². The molecule has 0 aliphatic rings. The summed E-state index contributed by atoms with van der Waals surface area (Å²) in [5.74, 6) is -1.41. The lowest BCUT2D eigenvalue weighted by molar-refractivity contribution is -0.150. The Hall–Kier alpha value is -1.10. The fourth-order valence-corrected chi connectivity index (χ4v) is 0.339. The van der Waals surface area contributed by atoms with E-state index in [9.17, 15) is 9.59 Å². The number of hydroxylamine groups is 1. The molecule has 0 radical (unpaired) electrons. The molecule has 10 heavy (non-hydrogen) atoms. The maximum absolute atomic E-state index is 10.7. The Kier molecular flexibility index (Phi) is 3.42. The highest BCUT2D eigenvalue weighted by Gasteiger charge is 2.14. The average molecular weight is 146 g/mol. The highest BCUT2D eigenvalue weighted by Crippen LogP contribution is 1.77. The van der Waals surface area contributed by atoms with E-state index in [1.165, 1.54) is 21.2 Å². The van der Waals surface area contributed by atoms with Crippen molar-refractivity contribution in [2.24, 2.45) is 0 Å². The molecular weight excluding hydrogens is 136 g/mol. The van der Waals surface area contributed by atoms with Gasteiger partial charge >= 0.3 is 11.8 Å². The van der Waals surface area contributed by atoms with E-state index in [-0.39, 0.29) is 0 Å². The minimum atomic E-state index is -0.771. The third-order valence-corrected chi connectivity index (χ3v) is 0.795. The molecule has 0 heterocycles. The van der Waals surface area contributed by atoms with Gasteiger partial charge in [0.2, 0.25) is 0 Å². The molecule has 1 N–H and O–H groups in total. The van der Waals surface area contributed by atoms with Gasteiger partial charge in [-0.1, -0.05) is 0 Å². The standard InChI is InChI=1S/C5H10N2O3/c1-7(2)5(9)4(8)6-10-3/h1-3H3,(H,6,8). The van der Waals surface area contributed by atoms with E-state index in [1.807, 2.05) is 5.48 Å². The van der Waals surface area contributed by atoms with Crippen LogP contribution in [0.15, 0.2) is 0 Å². The quantitative estimate of drug-likeness (QED) is 0.371. The van der Waals surface area contributed by atoms with Gasteiger partial charge in [0.05, 0.1) is 7.11 Å². The summed E-state index contributed by atoms with van der Waals surface area (Å²) in [6, 6.07) is 0. The van der Waals surface area contributed by atoms with E-state index >= 15 is 0 Å². The maximum Gasteiger partial charge on any atom is 0.332 e. The van der Waals surface area contributed by atoms with Crippen molar-refractivity contribution in [2.45, 2.75) is 0 Å². The first-order valence-electron chi connectivity index (χ1n) is 2.64. The summed E-state index contributed by atoms with van der Waals surface area (Å²) >= 11 is 0. The van der Waals surface area contributed by atoms with Crippen molar-refractivity contribution in [3.8, 4) is 0 Å². The van der Waals surface area contributed by atoms with Crippen molar-refractivity contribution in [1.82, 2.24) is 10.4 Å². The first kappa shape index (κ1) is 8.90. The fraction of sp³-hybridized carbons (Fsp3) is 0.600. The molecule has 0 aromatic rings. The van der Waals surface area contributed by atoms with Crippen LogP contribution in [0.3, 0.4) is 0 Å². The Balaban J connectivity index is 3.83. The Morgan fingerprint density at radius 3 is 2.20 bits per heavy atom. The lowest BCUT2D eigenvalue weighted by atomic mass is 10.5. The molecular formula is C5H10N2O3. The Bertz CT molecular complexity index is 144. The van der Waals surface area contributed by atoms with E-state index < -0.39 is 11.8 Å². The summed E-state index contributed by atoms with van der Waals surface area (Å²) in [6.07, 6.45) is 0. The summed E-state index contributed by atoms with van der Waals surface area (Å²) < 4.78 is 0. The largest absolute Gasteiger partial charge is 0.341 e. The van der Waals surface area contributed by atoms with E-state index in [4.69, 9.17) is 0 Å². The normalized spacial score (nSPS) is 8.70. The highest BCUT2D eigenvalue weighted by atomic mass is 16.6. The molecule has 5 heteroatoms.